The number of ketones is 1. The summed E-state index contributed by atoms with van der Waals surface area (Å²) in [5.41, 5.74) is 3.19. The molecule has 1 aliphatic heterocycles. The molecule has 0 spiro atoms. The van der Waals surface area contributed by atoms with Gasteiger partial charge in [0.1, 0.15) is 12.4 Å². The number of carbonyl (C=O) groups excluding carboxylic acids is 2. The van der Waals surface area contributed by atoms with E-state index in [1.807, 2.05) is 31.4 Å². The van der Waals surface area contributed by atoms with Crippen molar-refractivity contribution in [3.05, 3.63) is 74.8 Å². The van der Waals surface area contributed by atoms with E-state index >= 15 is 0 Å². The number of ether oxygens (including phenoxy) is 2. The minimum atomic E-state index is -0.588. The monoisotopic (exact) mass is 453 g/mol. The Labute approximate surface area is 191 Å². The maximum Gasteiger partial charge on any atom is 0.336 e. The van der Waals surface area contributed by atoms with Crippen molar-refractivity contribution in [3.63, 3.8) is 0 Å². The van der Waals surface area contributed by atoms with Gasteiger partial charge in [0.25, 0.3) is 0 Å². The molecule has 1 aromatic heterocycles. The molecule has 6 nitrogen and oxygen atoms in total. The summed E-state index contributed by atoms with van der Waals surface area (Å²) < 4.78 is 10.7. The van der Waals surface area contributed by atoms with Gasteiger partial charge in [0.2, 0.25) is 0 Å². The molecule has 4 rings (SSSR count). The fourth-order valence-corrected chi connectivity index (χ4v) is 5.32. The van der Waals surface area contributed by atoms with Crippen LogP contribution in [0.15, 0.2) is 64.3 Å². The first kappa shape index (κ1) is 22.3. The van der Waals surface area contributed by atoms with Crippen molar-refractivity contribution in [1.82, 2.24) is 5.32 Å². The molecular weight excluding hydrogens is 426 g/mol. The molecule has 2 N–H and O–H groups in total. The van der Waals surface area contributed by atoms with Gasteiger partial charge in [-0.15, -0.1) is 11.3 Å². The lowest BCUT2D eigenvalue weighted by Crippen LogP contribution is -2.36. The second-order valence-corrected chi connectivity index (χ2v) is 8.94. The number of hydrogen-bond donors (Lipinski definition) is 2. The Bertz CT molecular complexity index is 1070. The number of hydrogen-bond acceptors (Lipinski definition) is 7. The van der Waals surface area contributed by atoms with Gasteiger partial charge in [0.15, 0.2) is 5.78 Å². The maximum atomic E-state index is 13.4. The first-order valence-corrected chi connectivity index (χ1v) is 11.7. The first-order chi connectivity index (χ1) is 15.5. The smallest absolute Gasteiger partial charge is 0.336 e. The number of carbonyl (C=O) groups is 2. The average molecular weight is 454 g/mol. The van der Waals surface area contributed by atoms with Crippen LogP contribution in [0.5, 0.6) is 5.75 Å². The third kappa shape index (κ3) is 4.49. The van der Waals surface area contributed by atoms with Gasteiger partial charge in [-0.1, -0.05) is 18.2 Å². The number of phenolic OH excluding ortho intramolecular Hbond substituents is 1. The topological polar surface area (TPSA) is 84.9 Å². The molecule has 1 aromatic carbocycles. The number of allylic oxidation sites excluding steroid dienone is 3. The summed E-state index contributed by atoms with van der Waals surface area (Å²) in [6.07, 6.45) is 1.09. The van der Waals surface area contributed by atoms with Crippen LogP contribution in [0, 0.1) is 0 Å². The molecule has 2 aliphatic rings. The van der Waals surface area contributed by atoms with Gasteiger partial charge in [0, 0.05) is 46.7 Å². The Hall–Kier alpha value is -2.90. The van der Waals surface area contributed by atoms with Crippen molar-refractivity contribution in [2.75, 3.05) is 19.8 Å². The number of esters is 1. The van der Waals surface area contributed by atoms with Crippen LogP contribution < -0.4 is 5.32 Å². The third-order valence-corrected chi connectivity index (χ3v) is 6.90. The van der Waals surface area contributed by atoms with Gasteiger partial charge in [-0.3, -0.25) is 4.79 Å². The summed E-state index contributed by atoms with van der Waals surface area (Å²) in [6, 6.07) is 10.8. The lowest BCUT2D eigenvalue weighted by Gasteiger charge is -2.36. The number of rotatable bonds is 7. The third-order valence-electron chi connectivity index (χ3n) is 5.86. The fourth-order valence-electron chi connectivity index (χ4n) is 4.49. The van der Waals surface area contributed by atoms with E-state index in [1.165, 1.54) is 4.88 Å². The largest absolute Gasteiger partial charge is 0.508 e. The summed E-state index contributed by atoms with van der Waals surface area (Å²) in [4.78, 5) is 27.7. The zero-order valence-corrected chi connectivity index (χ0v) is 19.0. The highest BCUT2D eigenvalue weighted by Crippen LogP contribution is 2.46. The number of thiophene rings is 1. The zero-order valence-electron chi connectivity index (χ0n) is 18.2. The summed E-state index contributed by atoms with van der Waals surface area (Å²) in [5, 5.41) is 15.5. The molecule has 32 heavy (non-hydrogen) atoms. The van der Waals surface area contributed by atoms with Crippen molar-refractivity contribution in [3.8, 4) is 5.75 Å². The SMILES string of the molecule is CCOCCOC(=O)C1=C(C)NC2=C(C(=O)C[C@H](c3cccs3)C2)[C@@H]1c1cccc(O)c1. The summed E-state index contributed by atoms with van der Waals surface area (Å²) in [6.45, 7) is 4.70. The molecule has 0 unspecified atom stereocenters. The minimum absolute atomic E-state index is 0.0117. The first-order valence-electron chi connectivity index (χ1n) is 10.8. The molecule has 168 valence electrons. The lowest BCUT2D eigenvalue weighted by atomic mass is 9.72. The van der Waals surface area contributed by atoms with E-state index < -0.39 is 11.9 Å². The van der Waals surface area contributed by atoms with E-state index in [9.17, 15) is 14.7 Å². The Morgan fingerprint density at radius 2 is 2.06 bits per heavy atom. The number of aromatic hydroxyl groups is 1. The molecule has 0 amide bonds. The number of dihydropyridines is 1. The van der Waals surface area contributed by atoms with Crippen LogP contribution in [0.3, 0.4) is 0 Å². The number of phenols is 1. The average Bonchev–Trinajstić information content (AvgIpc) is 3.30. The normalized spacial score (nSPS) is 20.8. The predicted octanol–water partition coefficient (Wildman–Crippen LogP) is 4.40. The van der Waals surface area contributed by atoms with Gasteiger partial charge in [-0.25, -0.2) is 4.79 Å². The second-order valence-electron chi connectivity index (χ2n) is 7.96. The van der Waals surface area contributed by atoms with Gasteiger partial charge in [0.05, 0.1) is 12.2 Å². The molecule has 2 atom stereocenters. The van der Waals surface area contributed by atoms with Crippen LogP contribution in [-0.4, -0.2) is 36.7 Å². The van der Waals surface area contributed by atoms with Crippen LogP contribution in [0.2, 0.25) is 0 Å². The highest BCUT2D eigenvalue weighted by molar-refractivity contribution is 7.10. The van der Waals surface area contributed by atoms with Crippen LogP contribution in [0.4, 0.5) is 0 Å². The Morgan fingerprint density at radius 3 is 2.78 bits per heavy atom. The zero-order chi connectivity index (χ0) is 22.7. The lowest BCUT2D eigenvalue weighted by molar-refractivity contribution is -0.140. The van der Waals surface area contributed by atoms with Crippen molar-refractivity contribution in [2.45, 2.75) is 38.5 Å². The molecule has 0 saturated heterocycles. The molecule has 1 aliphatic carbocycles. The van der Waals surface area contributed by atoms with Crippen molar-refractivity contribution < 1.29 is 24.2 Å². The van der Waals surface area contributed by atoms with E-state index in [1.54, 1.807) is 29.5 Å². The van der Waals surface area contributed by atoms with E-state index in [0.29, 0.717) is 48.5 Å². The highest BCUT2D eigenvalue weighted by atomic mass is 32.1. The van der Waals surface area contributed by atoms with Crippen LogP contribution in [-0.2, 0) is 19.1 Å². The number of benzene rings is 1. The van der Waals surface area contributed by atoms with Gasteiger partial charge < -0.3 is 19.9 Å². The van der Waals surface area contributed by atoms with Crippen molar-refractivity contribution in [1.29, 1.82) is 0 Å². The summed E-state index contributed by atoms with van der Waals surface area (Å²) in [5.74, 6) is -0.856. The predicted molar refractivity (Wildman–Crippen MR) is 122 cm³/mol. The minimum Gasteiger partial charge on any atom is -0.508 e. The molecule has 2 aromatic rings. The Morgan fingerprint density at radius 1 is 1.22 bits per heavy atom. The van der Waals surface area contributed by atoms with Gasteiger partial charge in [-0.05, 0) is 49.4 Å². The van der Waals surface area contributed by atoms with E-state index in [2.05, 4.69) is 11.4 Å². The molecule has 0 radical (unpaired) electrons. The van der Waals surface area contributed by atoms with E-state index in [-0.39, 0.29) is 24.1 Å². The molecule has 0 saturated carbocycles. The van der Waals surface area contributed by atoms with E-state index in [0.717, 1.165) is 5.70 Å². The molecule has 0 fully saturated rings. The number of nitrogens with one attached hydrogen (secondary N) is 1. The van der Waals surface area contributed by atoms with Gasteiger partial charge >= 0.3 is 5.97 Å². The van der Waals surface area contributed by atoms with Crippen molar-refractivity contribution >= 4 is 23.1 Å². The fraction of sp³-hybridized carbons (Fsp3) is 0.360. The molecule has 0 bridgehead atoms. The molecule has 7 heteroatoms. The molecule has 2 heterocycles. The summed E-state index contributed by atoms with van der Waals surface area (Å²) >= 11 is 1.66. The Balaban J connectivity index is 1.71. The van der Waals surface area contributed by atoms with Crippen LogP contribution >= 0.6 is 11.3 Å². The van der Waals surface area contributed by atoms with Gasteiger partial charge in [-0.2, -0.15) is 0 Å². The van der Waals surface area contributed by atoms with E-state index in [4.69, 9.17) is 9.47 Å². The standard InChI is InChI=1S/C25H27NO5S/c1-3-30-9-10-31-25(29)22-15(2)26-19-13-17(21-8-5-11-32-21)14-20(28)24(19)23(22)16-6-4-7-18(27)12-16/h4-8,11-12,17,23,26-27H,3,9-10,13-14H2,1-2H3/t17-,23-/m1/s1. The Kier molecular flexibility index (Phi) is 6.77. The summed E-state index contributed by atoms with van der Waals surface area (Å²) in [7, 11) is 0. The quantitative estimate of drug-likeness (QED) is 0.478. The highest BCUT2D eigenvalue weighted by Gasteiger charge is 2.41. The van der Waals surface area contributed by atoms with Crippen LogP contribution in [0.1, 0.15) is 49.0 Å². The van der Waals surface area contributed by atoms with Crippen LogP contribution in [0.25, 0.3) is 0 Å². The maximum absolute atomic E-state index is 13.4. The molecular formula is C25H27NO5S. The van der Waals surface area contributed by atoms with Crippen molar-refractivity contribution in [2.24, 2.45) is 0 Å². The second kappa shape index (κ2) is 9.71. The number of Topliss-reactive ketones (excluding diaryl/α,β-unsaturated/α-hetero) is 1.